The maximum atomic E-state index is 13.6. The third-order valence-corrected chi connectivity index (χ3v) is 6.36. The molecular formula is C26H29N5O. The van der Waals surface area contributed by atoms with E-state index >= 15 is 0 Å². The fraction of sp³-hybridized carbons (Fsp3) is 0.308. The Labute approximate surface area is 188 Å². The number of ketones is 1. The Morgan fingerprint density at radius 2 is 1.94 bits per heavy atom. The molecule has 3 aromatic rings. The first kappa shape index (κ1) is 21.7. The summed E-state index contributed by atoms with van der Waals surface area (Å²) in [5, 5.41) is 9.27. The lowest BCUT2D eigenvalue weighted by molar-refractivity contribution is -0.118. The molecule has 6 heteroatoms. The highest BCUT2D eigenvalue weighted by Gasteiger charge is 2.42. The highest BCUT2D eigenvalue weighted by atomic mass is 16.1. The van der Waals surface area contributed by atoms with Crippen molar-refractivity contribution < 1.29 is 4.79 Å². The number of carbonyl (C=O) groups is 1. The van der Waals surface area contributed by atoms with E-state index in [0.717, 1.165) is 48.2 Å². The summed E-state index contributed by atoms with van der Waals surface area (Å²) < 4.78 is 2.21. The van der Waals surface area contributed by atoms with Crippen molar-refractivity contribution in [3.05, 3.63) is 78.0 Å². The fourth-order valence-electron chi connectivity index (χ4n) is 4.43. The standard InChI is InChI=1S/C26H29N5O/c1-18-17-29-19(2)31(18)16-7-3-6-14-26(25(27)28)15-8-10-21(24(26)32)23-13-12-20-9-4-5-11-22(20)30-23/h4-5,8-13,15,17H,3,6-7,14,16H2,1-2H3,(H3,27,28). The number of aromatic nitrogens is 3. The predicted molar refractivity (Wildman–Crippen MR) is 128 cm³/mol. The normalized spacial score (nSPS) is 18.2. The molecule has 1 atom stereocenters. The molecule has 32 heavy (non-hydrogen) atoms. The van der Waals surface area contributed by atoms with Crippen LogP contribution in [0, 0.1) is 24.7 Å². The Bertz CT molecular complexity index is 1220. The average molecular weight is 428 g/mol. The van der Waals surface area contributed by atoms with Crippen LogP contribution in [0.1, 0.15) is 42.9 Å². The first-order valence-electron chi connectivity index (χ1n) is 11.1. The molecule has 0 amide bonds. The van der Waals surface area contributed by atoms with Gasteiger partial charge in [0.15, 0.2) is 5.78 Å². The molecule has 4 rings (SSSR count). The second-order valence-electron chi connectivity index (χ2n) is 8.45. The van der Waals surface area contributed by atoms with Gasteiger partial charge in [0.25, 0.3) is 0 Å². The molecule has 1 aromatic carbocycles. The van der Waals surface area contributed by atoms with Crippen molar-refractivity contribution in [3.8, 4) is 0 Å². The minimum absolute atomic E-state index is 0.105. The Morgan fingerprint density at radius 1 is 1.12 bits per heavy atom. The van der Waals surface area contributed by atoms with Crippen LogP contribution in [0.25, 0.3) is 16.5 Å². The first-order valence-corrected chi connectivity index (χ1v) is 11.1. The van der Waals surface area contributed by atoms with Crippen molar-refractivity contribution in [3.63, 3.8) is 0 Å². The molecule has 0 spiro atoms. The van der Waals surface area contributed by atoms with E-state index in [1.807, 2.05) is 55.6 Å². The van der Waals surface area contributed by atoms with Crippen LogP contribution in [0.4, 0.5) is 0 Å². The van der Waals surface area contributed by atoms with E-state index < -0.39 is 5.41 Å². The molecule has 0 fully saturated rings. The van der Waals surface area contributed by atoms with Gasteiger partial charge in [0.1, 0.15) is 17.1 Å². The van der Waals surface area contributed by atoms with Crippen LogP contribution in [-0.4, -0.2) is 26.2 Å². The number of para-hydroxylation sites is 1. The lowest BCUT2D eigenvalue weighted by Crippen LogP contribution is -2.43. The molecule has 6 nitrogen and oxygen atoms in total. The molecule has 1 aliphatic carbocycles. The molecule has 1 aliphatic rings. The summed E-state index contributed by atoms with van der Waals surface area (Å²) in [6, 6.07) is 11.7. The second kappa shape index (κ2) is 8.91. The van der Waals surface area contributed by atoms with Crippen molar-refractivity contribution in [1.29, 1.82) is 5.41 Å². The minimum atomic E-state index is -1.10. The number of Topliss-reactive ketones (excluding diaryl/α,β-unsaturated/α-hetero) is 1. The third kappa shape index (κ3) is 4.00. The van der Waals surface area contributed by atoms with Gasteiger partial charge in [-0.25, -0.2) is 9.97 Å². The number of aryl methyl sites for hydroxylation is 2. The van der Waals surface area contributed by atoms with Gasteiger partial charge >= 0.3 is 0 Å². The van der Waals surface area contributed by atoms with Crippen LogP contribution in [0.3, 0.4) is 0 Å². The summed E-state index contributed by atoms with van der Waals surface area (Å²) in [5.74, 6) is 0.772. The monoisotopic (exact) mass is 427 g/mol. The number of unbranched alkanes of at least 4 members (excludes halogenated alkanes) is 2. The zero-order chi connectivity index (χ0) is 22.7. The van der Waals surface area contributed by atoms with Gasteiger partial charge in [0, 0.05) is 29.4 Å². The van der Waals surface area contributed by atoms with Crippen LogP contribution >= 0.6 is 0 Å². The lowest BCUT2D eigenvalue weighted by atomic mass is 9.72. The van der Waals surface area contributed by atoms with Gasteiger partial charge in [-0.3, -0.25) is 10.2 Å². The quantitative estimate of drug-likeness (QED) is 0.308. The minimum Gasteiger partial charge on any atom is -0.387 e. The van der Waals surface area contributed by atoms with E-state index in [2.05, 4.69) is 21.5 Å². The Hall–Kier alpha value is -3.54. The highest BCUT2D eigenvalue weighted by molar-refractivity contribution is 6.31. The van der Waals surface area contributed by atoms with E-state index in [9.17, 15) is 4.79 Å². The largest absolute Gasteiger partial charge is 0.387 e. The van der Waals surface area contributed by atoms with Crippen molar-refractivity contribution in [2.45, 2.75) is 46.1 Å². The summed E-state index contributed by atoms with van der Waals surface area (Å²) in [5.41, 5.74) is 8.04. The molecular weight excluding hydrogens is 398 g/mol. The van der Waals surface area contributed by atoms with Crippen LogP contribution in [0.15, 0.2) is 60.8 Å². The fourth-order valence-corrected chi connectivity index (χ4v) is 4.43. The Kier molecular flexibility index (Phi) is 6.04. The number of nitrogens with two attached hydrogens (primary N) is 1. The second-order valence-corrected chi connectivity index (χ2v) is 8.45. The number of nitrogens with one attached hydrogen (secondary N) is 1. The zero-order valence-corrected chi connectivity index (χ0v) is 18.6. The van der Waals surface area contributed by atoms with Crippen molar-refractivity contribution in [2.75, 3.05) is 0 Å². The molecule has 0 radical (unpaired) electrons. The number of imidazole rings is 1. The molecule has 164 valence electrons. The number of hydrogen-bond acceptors (Lipinski definition) is 4. The van der Waals surface area contributed by atoms with E-state index in [1.54, 1.807) is 12.2 Å². The van der Waals surface area contributed by atoms with Gasteiger partial charge in [0.2, 0.25) is 0 Å². The summed E-state index contributed by atoms with van der Waals surface area (Å²) >= 11 is 0. The summed E-state index contributed by atoms with van der Waals surface area (Å²) in [6.45, 7) is 4.98. The van der Waals surface area contributed by atoms with Gasteiger partial charge < -0.3 is 10.3 Å². The van der Waals surface area contributed by atoms with Crippen LogP contribution < -0.4 is 5.73 Å². The molecule has 2 aromatic heterocycles. The molecule has 0 saturated carbocycles. The van der Waals surface area contributed by atoms with Gasteiger partial charge in [-0.2, -0.15) is 0 Å². The summed E-state index contributed by atoms with van der Waals surface area (Å²) in [7, 11) is 0. The topological polar surface area (TPSA) is 97.7 Å². The Morgan fingerprint density at radius 3 is 2.69 bits per heavy atom. The van der Waals surface area contributed by atoms with Gasteiger partial charge in [-0.15, -0.1) is 0 Å². The molecule has 0 saturated heterocycles. The van der Waals surface area contributed by atoms with Crippen molar-refractivity contribution in [1.82, 2.24) is 14.5 Å². The number of amidine groups is 1. The van der Waals surface area contributed by atoms with Crippen molar-refractivity contribution in [2.24, 2.45) is 11.1 Å². The van der Waals surface area contributed by atoms with E-state index in [4.69, 9.17) is 11.1 Å². The maximum Gasteiger partial charge on any atom is 0.182 e. The van der Waals surface area contributed by atoms with E-state index in [1.165, 1.54) is 0 Å². The first-order chi connectivity index (χ1) is 15.4. The van der Waals surface area contributed by atoms with Crippen LogP contribution in [-0.2, 0) is 11.3 Å². The lowest BCUT2D eigenvalue weighted by Gasteiger charge is -2.31. The van der Waals surface area contributed by atoms with Gasteiger partial charge in [0.05, 0.1) is 11.2 Å². The molecule has 2 heterocycles. The smallest absolute Gasteiger partial charge is 0.182 e. The van der Waals surface area contributed by atoms with Gasteiger partial charge in [-0.05, 0) is 44.9 Å². The number of fused-ring (bicyclic) bond motifs is 1. The third-order valence-electron chi connectivity index (χ3n) is 6.36. The number of hydrogen-bond donors (Lipinski definition) is 2. The number of allylic oxidation sites excluding steroid dienone is 3. The molecule has 0 bridgehead atoms. The van der Waals surface area contributed by atoms with Gasteiger partial charge in [-0.1, -0.05) is 49.3 Å². The number of benzene rings is 1. The van der Waals surface area contributed by atoms with Crippen LogP contribution in [0.5, 0.6) is 0 Å². The highest BCUT2D eigenvalue weighted by Crippen LogP contribution is 2.37. The SMILES string of the molecule is Cc1cnc(C)n1CCCCCC1(C(=N)N)C=CC=C(c2ccc3ccccc3n2)C1=O. The zero-order valence-electron chi connectivity index (χ0n) is 18.6. The predicted octanol–water partition coefficient (Wildman–Crippen LogP) is 4.75. The van der Waals surface area contributed by atoms with E-state index in [-0.39, 0.29) is 11.6 Å². The summed E-state index contributed by atoms with van der Waals surface area (Å²) in [6.07, 6.45) is 10.6. The number of nitrogens with zero attached hydrogens (tertiary/aromatic N) is 3. The Balaban J connectivity index is 1.47. The number of carbonyl (C=O) groups excluding carboxylic acids is 1. The maximum absolute atomic E-state index is 13.6. The molecule has 0 aliphatic heterocycles. The van der Waals surface area contributed by atoms with Crippen LogP contribution in [0.2, 0.25) is 0 Å². The number of pyridine rings is 1. The summed E-state index contributed by atoms with van der Waals surface area (Å²) in [4.78, 5) is 22.6. The molecule has 3 N–H and O–H groups in total. The number of rotatable bonds is 8. The molecule has 1 unspecified atom stereocenters. The van der Waals surface area contributed by atoms with Crippen molar-refractivity contribution >= 4 is 28.1 Å². The van der Waals surface area contributed by atoms with E-state index in [0.29, 0.717) is 17.7 Å². The average Bonchev–Trinajstić information content (AvgIpc) is 3.11.